The van der Waals surface area contributed by atoms with Crippen molar-refractivity contribution in [3.05, 3.63) is 51.7 Å². The lowest BCUT2D eigenvalue weighted by molar-refractivity contribution is 0.260. The largest absolute Gasteiger partial charge is 0.497 e. The third-order valence-corrected chi connectivity index (χ3v) is 5.89. The summed E-state index contributed by atoms with van der Waals surface area (Å²) in [6, 6.07) is 13.2. The smallest absolute Gasteiger partial charge is 0.118 e. The fourth-order valence-corrected chi connectivity index (χ4v) is 4.50. The summed E-state index contributed by atoms with van der Waals surface area (Å²) in [4.78, 5) is 7.19. The first-order chi connectivity index (χ1) is 12.6. The van der Waals surface area contributed by atoms with E-state index in [2.05, 4.69) is 66.1 Å². The Morgan fingerprint density at radius 3 is 2.62 bits per heavy atom. The monoisotopic (exact) mass is 370 g/mol. The maximum absolute atomic E-state index is 8.83. The van der Waals surface area contributed by atoms with Crippen LogP contribution in [0.15, 0.2) is 36.4 Å². The Morgan fingerprint density at radius 2 is 1.96 bits per heavy atom. The number of nitrogens with zero attached hydrogens (tertiary/aromatic N) is 2. The molecule has 0 aliphatic carbocycles. The zero-order valence-corrected chi connectivity index (χ0v) is 16.4. The van der Waals surface area contributed by atoms with Gasteiger partial charge in [0.1, 0.15) is 12.4 Å². The quantitative estimate of drug-likeness (QED) is 0.821. The van der Waals surface area contributed by atoms with E-state index in [1.807, 2.05) is 6.07 Å². The van der Waals surface area contributed by atoms with Gasteiger partial charge in [0.05, 0.1) is 12.0 Å². The number of ether oxygens (including phenoxy) is 1. The predicted octanol–water partition coefficient (Wildman–Crippen LogP) is 2.63. The number of hydrogen-bond donors (Lipinski definition) is 1. The summed E-state index contributed by atoms with van der Waals surface area (Å²) < 4.78 is 5.29. The molecule has 5 heteroatoms. The minimum Gasteiger partial charge on any atom is -0.497 e. The molecular weight excluding hydrogens is 344 g/mol. The van der Waals surface area contributed by atoms with E-state index in [-0.39, 0.29) is 6.61 Å². The van der Waals surface area contributed by atoms with Crippen LogP contribution in [-0.4, -0.2) is 61.8 Å². The lowest BCUT2D eigenvalue weighted by Crippen LogP contribution is -2.34. The van der Waals surface area contributed by atoms with Gasteiger partial charge in [-0.3, -0.25) is 4.90 Å². The molecule has 26 heavy (non-hydrogen) atoms. The van der Waals surface area contributed by atoms with Gasteiger partial charge in [0, 0.05) is 36.5 Å². The number of methoxy groups -OCH3 is 1. The summed E-state index contributed by atoms with van der Waals surface area (Å²) in [6.07, 6.45) is 0. The number of likely N-dealkylation sites (N-methyl/N-ethyl adjacent to an activating group) is 1. The molecular formula is C21H26N2O2S. The molecule has 0 spiro atoms. The van der Waals surface area contributed by atoms with E-state index in [1.165, 1.54) is 10.4 Å². The van der Waals surface area contributed by atoms with Crippen molar-refractivity contribution in [2.75, 3.05) is 40.9 Å². The van der Waals surface area contributed by atoms with Gasteiger partial charge in [-0.1, -0.05) is 24.0 Å². The molecule has 1 aliphatic rings. The van der Waals surface area contributed by atoms with Gasteiger partial charge in [-0.15, -0.1) is 11.3 Å². The molecule has 1 aliphatic heterocycles. The van der Waals surface area contributed by atoms with Gasteiger partial charge in [-0.2, -0.15) is 0 Å². The third-order valence-electron chi connectivity index (χ3n) is 4.90. The zero-order chi connectivity index (χ0) is 18.5. The molecule has 4 nitrogen and oxygen atoms in total. The molecule has 1 aromatic carbocycles. The molecule has 1 N–H and O–H groups in total. The molecule has 2 unspecified atom stereocenters. The summed E-state index contributed by atoms with van der Waals surface area (Å²) in [5.41, 5.74) is 1.37. The maximum Gasteiger partial charge on any atom is 0.118 e. The topological polar surface area (TPSA) is 35.9 Å². The minimum atomic E-state index is -0.0899. The van der Waals surface area contributed by atoms with E-state index in [9.17, 15) is 0 Å². The highest BCUT2D eigenvalue weighted by molar-refractivity contribution is 7.12. The molecule has 138 valence electrons. The molecule has 0 saturated carbocycles. The van der Waals surface area contributed by atoms with Gasteiger partial charge >= 0.3 is 0 Å². The lowest BCUT2D eigenvalue weighted by Gasteiger charge is -2.25. The lowest BCUT2D eigenvalue weighted by atomic mass is 9.93. The van der Waals surface area contributed by atoms with Crippen molar-refractivity contribution in [3.8, 4) is 17.6 Å². The molecule has 0 radical (unpaired) electrons. The van der Waals surface area contributed by atoms with Crippen molar-refractivity contribution < 1.29 is 9.84 Å². The Balaban J connectivity index is 1.71. The molecule has 0 amide bonds. The summed E-state index contributed by atoms with van der Waals surface area (Å²) in [5, 5.41) is 8.83. The van der Waals surface area contributed by atoms with E-state index < -0.39 is 0 Å². The average molecular weight is 371 g/mol. The average Bonchev–Trinajstić information content (AvgIpc) is 3.27. The first-order valence-electron chi connectivity index (χ1n) is 8.82. The maximum atomic E-state index is 8.83. The molecule has 2 aromatic rings. The Bertz CT molecular complexity index is 773. The molecule has 2 heterocycles. The van der Waals surface area contributed by atoms with Crippen molar-refractivity contribution in [1.82, 2.24) is 9.80 Å². The van der Waals surface area contributed by atoms with E-state index in [0.29, 0.717) is 12.0 Å². The van der Waals surface area contributed by atoms with Crippen LogP contribution in [-0.2, 0) is 6.54 Å². The molecule has 1 fully saturated rings. The summed E-state index contributed by atoms with van der Waals surface area (Å²) >= 11 is 1.71. The first kappa shape index (κ1) is 18.9. The van der Waals surface area contributed by atoms with Gasteiger partial charge in [0.25, 0.3) is 0 Å². The molecule has 0 bridgehead atoms. The number of likely N-dealkylation sites (tertiary alicyclic amines) is 1. The molecule has 3 rings (SSSR count). The Kier molecular flexibility index (Phi) is 6.33. The van der Waals surface area contributed by atoms with E-state index >= 15 is 0 Å². The van der Waals surface area contributed by atoms with Crippen molar-refractivity contribution >= 4 is 11.3 Å². The molecule has 2 atom stereocenters. The molecule has 1 aromatic heterocycles. The Morgan fingerprint density at radius 1 is 1.19 bits per heavy atom. The van der Waals surface area contributed by atoms with E-state index in [0.717, 1.165) is 30.3 Å². The van der Waals surface area contributed by atoms with Gasteiger partial charge < -0.3 is 14.7 Å². The van der Waals surface area contributed by atoms with Gasteiger partial charge in [-0.05, 0) is 43.9 Å². The Labute approximate surface area is 160 Å². The second kappa shape index (κ2) is 8.70. The summed E-state index contributed by atoms with van der Waals surface area (Å²) in [7, 11) is 6.03. The second-order valence-corrected chi connectivity index (χ2v) is 8.00. The van der Waals surface area contributed by atoms with Crippen LogP contribution in [0.4, 0.5) is 0 Å². The van der Waals surface area contributed by atoms with Gasteiger partial charge in [-0.25, -0.2) is 0 Å². The summed E-state index contributed by atoms with van der Waals surface area (Å²) in [5.74, 6) is 7.10. The van der Waals surface area contributed by atoms with Crippen LogP contribution in [0.25, 0.3) is 0 Å². The number of rotatable bonds is 5. The van der Waals surface area contributed by atoms with Crippen molar-refractivity contribution in [2.24, 2.45) is 0 Å². The third kappa shape index (κ3) is 4.46. The molecule has 1 saturated heterocycles. The second-order valence-electron chi connectivity index (χ2n) is 6.83. The van der Waals surface area contributed by atoms with Crippen molar-refractivity contribution in [3.63, 3.8) is 0 Å². The number of hydrogen-bond acceptors (Lipinski definition) is 5. The standard InChI is InChI=1S/C21H26N2O2S/c1-22(2)21-15-23(13-19-11-10-18(26-19)5-4-12-24)14-20(21)16-6-8-17(25-3)9-7-16/h6-11,20-21,24H,12-15H2,1-3H3. The predicted molar refractivity (Wildman–Crippen MR) is 107 cm³/mol. The Hall–Kier alpha value is -1.84. The van der Waals surface area contributed by atoms with Crippen LogP contribution in [0.2, 0.25) is 0 Å². The SMILES string of the molecule is COc1ccc(C2CN(Cc3ccc(C#CCO)s3)CC2N(C)C)cc1. The highest BCUT2D eigenvalue weighted by Crippen LogP contribution is 2.32. The number of benzene rings is 1. The van der Waals surface area contributed by atoms with E-state index in [1.54, 1.807) is 18.4 Å². The number of aliphatic hydroxyl groups excluding tert-OH is 1. The summed E-state index contributed by atoms with van der Waals surface area (Å²) in [6.45, 7) is 2.96. The van der Waals surface area contributed by atoms with Gasteiger partial charge in [0.15, 0.2) is 0 Å². The van der Waals surface area contributed by atoms with Gasteiger partial charge in [0.2, 0.25) is 0 Å². The highest BCUT2D eigenvalue weighted by Gasteiger charge is 2.35. The zero-order valence-electron chi connectivity index (χ0n) is 15.6. The van der Waals surface area contributed by atoms with Crippen LogP contribution in [0.1, 0.15) is 21.2 Å². The highest BCUT2D eigenvalue weighted by atomic mass is 32.1. The van der Waals surface area contributed by atoms with Crippen LogP contribution in [0.3, 0.4) is 0 Å². The van der Waals surface area contributed by atoms with Crippen molar-refractivity contribution in [2.45, 2.75) is 18.5 Å². The van der Waals surface area contributed by atoms with Crippen LogP contribution >= 0.6 is 11.3 Å². The van der Waals surface area contributed by atoms with Crippen LogP contribution < -0.4 is 4.74 Å². The van der Waals surface area contributed by atoms with E-state index in [4.69, 9.17) is 9.84 Å². The number of thiophene rings is 1. The normalized spacial score (nSPS) is 20.2. The fourth-order valence-electron chi connectivity index (χ4n) is 3.57. The first-order valence-corrected chi connectivity index (χ1v) is 9.63. The number of aliphatic hydroxyl groups is 1. The van der Waals surface area contributed by atoms with Crippen molar-refractivity contribution in [1.29, 1.82) is 0 Å². The van der Waals surface area contributed by atoms with Crippen LogP contribution in [0.5, 0.6) is 5.75 Å². The minimum absolute atomic E-state index is 0.0899. The van der Waals surface area contributed by atoms with Crippen LogP contribution in [0, 0.1) is 11.8 Å². The fraction of sp³-hybridized carbons (Fsp3) is 0.429.